The zero-order valence-corrected chi connectivity index (χ0v) is 20.3. The third kappa shape index (κ3) is 5.12. The van der Waals surface area contributed by atoms with E-state index in [1.54, 1.807) is 13.4 Å². The van der Waals surface area contributed by atoms with E-state index in [1.165, 1.54) is 11.3 Å². The molecule has 1 aliphatic rings. The van der Waals surface area contributed by atoms with Crippen molar-refractivity contribution in [3.8, 4) is 22.7 Å². The third-order valence-corrected chi connectivity index (χ3v) is 6.24. The van der Waals surface area contributed by atoms with Crippen molar-refractivity contribution >= 4 is 11.5 Å². The molecule has 0 saturated carbocycles. The Balaban J connectivity index is 1.29. The molecule has 1 saturated heterocycles. The maximum Gasteiger partial charge on any atom is 0.149 e. The molecule has 0 unspecified atom stereocenters. The first-order valence-electron chi connectivity index (χ1n) is 11.8. The normalized spacial score (nSPS) is 14.5. The molecule has 1 fully saturated rings. The number of imidazole rings is 1. The summed E-state index contributed by atoms with van der Waals surface area (Å²) in [5.74, 6) is 1.48. The predicted octanol–water partition coefficient (Wildman–Crippen LogP) is 4.66. The standard InChI is InChI=1S/C27H30N6O2/c1-19-17-33(18-28-19)25-9-7-22(16-26(25)34-3)24-8-10-27(31-30-24)29-20(2)21-5-4-6-23(15-21)32-11-13-35-14-12-32/h4-10,15-18,20H,11-14H2,1-3H3,(H,29,31)/t20-/m0/s1. The van der Waals surface area contributed by atoms with Gasteiger partial charge in [-0.2, -0.15) is 0 Å². The number of benzene rings is 2. The molecule has 0 amide bonds. The van der Waals surface area contributed by atoms with Gasteiger partial charge < -0.3 is 24.3 Å². The second-order valence-electron chi connectivity index (χ2n) is 8.67. The second kappa shape index (κ2) is 10.1. The summed E-state index contributed by atoms with van der Waals surface area (Å²) in [7, 11) is 1.67. The molecule has 180 valence electrons. The highest BCUT2D eigenvalue weighted by molar-refractivity contribution is 5.66. The molecular formula is C27H30N6O2. The average Bonchev–Trinajstić information content (AvgIpc) is 3.35. The molecule has 5 rings (SSSR count). The quantitative estimate of drug-likeness (QED) is 0.421. The minimum absolute atomic E-state index is 0.0918. The van der Waals surface area contributed by atoms with E-state index in [4.69, 9.17) is 9.47 Å². The highest BCUT2D eigenvalue weighted by atomic mass is 16.5. The molecule has 2 aromatic carbocycles. The van der Waals surface area contributed by atoms with Gasteiger partial charge in [-0.15, -0.1) is 10.2 Å². The van der Waals surface area contributed by atoms with Crippen LogP contribution in [0.2, 0.25) is 0 Å². The first kappa shape index (κ1) is 22.9. The summed E-state index contributed by atoms with van der Waals surface area (Å²) < 4.78 is 13.1. The van der Waals surface area contributed by atoms with Crippen LogP contribution < -0.4 is 15.0 Å². The number of nitrogens with zero attached hydrogens (tertiary/aromatic N) is 5. The molecule has 0 radical (unpaired) electrons. The minimum atomic E-state index is 0.0918. The predicted molar refractivity (Wildman–Crippen MR) is 137 cm³/mol. The van der Waals surface area contributed by atoms with E-state index in [0.717, 1.165) is 60.5 Å². The molecular weight excluding hydrogens is 440 g/mol. The van der Waals surface area contributed by atoms with Crippen LogP contribution in [-0.4, -0.2) is 53.2 Å². The molecule has 0 bridgehead atoms. The lowest BCUT2D eigenvalue weighted by atomic mass is 10.1. The summed E-state index contributed by atoms with van der Waals surface area (Å²) in [6, 6.07) is 18.7. The van der Waals surface area contributed by atoms with Crippen molar-refractivity contribution in [3.05, 3.63) is 78.4 Å². The van der Waals surface area contributed by atoms with E-state index >= 15 is 0 Å². The molecule has 1 N–H and O–H groups in total. The Hall–Kier alpha value is -3.91. The largest absolute Gasteiger partial charge is 0.495 e. The highest BCUT2D eigenvalue weighted by Crippen LogP contribution is 2.29. The zero-order chi connectivity index (χ0) is 24.2. The summed E-state index contributed by atoms with van der Waals surface area (Å²) in [4.78, 5) is 6.67. The maximum atomic E-state index is 5.63. The van der Waals surface area contributed by atoms with E-state index < -0.39 is 0 Å². The van der Waals surface area contributed by atoms with Crippen LogP contribution in [0.25, 0.3) is 16.9 Å². The molecule has 1 aliphatic heterocycles. The van der Waals surface area contributed by atoms with Gasteiger partial charge in [0.25, 0.3) is 0 Å². The highest BCUT2D eigenvalue weighted by Gasteiger charge is 2.14. The Kier molecular flexibility index (Phi) is 6.63. The number of ether oxygens (including phenoxy) is 2. The molecule has 8 heteroatoms. The van der Waals surface area contributed by atoms with Crippen LogP contribution in [0.5, 0.6) is 5.75 Å². The van der Waals surface area contributed by atoms with Crippen molar-refractivity contribution in [1.29, 1.82) is 0 Å². The molecule has 0 aliphatic carbocycles. The van der Waals surface area contributed by atoms with Crippen LogP contribution in [0.3, 0.4) is 0 Å². The number of nitrogens with one attached hydrogen (secondary N) is 1. The van der Waals surface area contributed by atoms with Gasteiger partial charge in [-0.1, -0.05) is 18.2 Å². The van der Waals surface area contributed by atoms with Crippen molar-refractivity contribution in [2.24, 2.45) is 0 Å². The molecule has 3 heterocycles. The van der Waals surface area contributed by atoms with Gasteiger partial charge >= 0.3 is 0 Å². The Bertz CT molecular complexity index is 1280. The molecule has 0 spiro atoms. The number of aryl methyl sites for hydroxylation is 1. The monoisotopic (exact) mass is 470 g/mol. The third-order valence-electron chi connectivity index (χ3n) is 6.24. The number of methoxy groups -OCH3 is 1. The Morgan fingerprint density at radius 1 is 1.03 bits per heavy atom. The first-order valence-corrected chi connectivity index (χ1v) is 11.8. The van der Waals surface area contributed by atoms with E-state index in [-0.39, 0.29) is 6.04 Å². The van der Waals surface area contributed by atoms with E-state index in [9.17, 15) is 0 Å². The SMILES string of the molecule is COc1cc(-c2ccc(N[C@@H](C)c3cccc(N4CCOCC4)c3)nn2)ccc1-n1cnc(C)c1. The van der Waals surface area contributed by atoms with Crippen molar-refractivity contribution in [3.63, 3.8) is 0 Å². The van der Waals surface area contributed by atoms with Crippen molar-refractivity contribution in [1.82, 2.24) is 19.7 Å². The summed E-state index contributed by atoms with van der Waals surface area (Å²) in [6.45, 7) is 7.49. The van der Waals surface area contributed by atoms with Crippen molar-refractivity contribution in [2.75, 3.05) is 43.6 Å². The number of hydrogen-bond acceptors (Lipinski definition) is 7. The van der Waals surface area contributed by atoms with Gasteiger partial charge in [0.1, 0.15) is 11.6 Å². The topological polar surface area (TPSA) is 77.3 Å². The van der Waals surface area contributed by atoms with E-state index in [1.807, 2.05) is 48.0 Å². The fourth-order valence-electron chi connectivity index (χ4n) is 4.28. The molecule has 4 aromatic rings. The maximum absolute atomic E-state index is 5.63. The average molecular weight is 471 g/mol. The van der Waals surface area contributed by atoms with Gasteiger partial charge in [-0.3, -0.25) is 0 Å². The summed E-state index contributed by atoms with van der Waals surface area (Å²) in [5.41, 5.74) is 6.03. The minimum Gasteiger partial charge on any atom is -0.495 e. The van der Waals surface area contributed by atoms with Crippen LogP contribution in [0.4, 0.5) is 11.5 Å². The Morgan fingerprint density at radius 3 is 2.60 bits per heavy atom. The molecule has 35 heavy (non-hydrogen) atoms. The van der Waals surface area contributed by atoms with Gasteiger partial charge in [0.15, 0.2) is 0 Å². The Labute approximate surface area is 205 Å². The number of anilines is 2. The number of hydrogen-bond donors (Lipinski definition) is 1. The smallest absolute Gasteiger partial charge is 0.149 e. The van der Waals surface area contributed by atoms with Gasteiger partial charge in [-0.05, 0) is 55.8 Å². The van der Waals surface area contributed by atoms with Crippen molar-refractivity contribution < 1.29 is 9.47 Å². The number of rotatable bonds is 7. The summed E-state index contributed by atoms with van der Waals surface area (Å²) in [6.07, 6.45) is 3.75. The summed E-state index contributed by atoms with van der Waals surface area (Å²) >= 11 is 0. The van der Waals surface area contributed by atoms with Gasteiger partial charge in [-0.25, -0.2) is 4.98 Å². The second-order valence-corrected chi connectivity index (χ2v) is 8.67. The van der Waals surface area contributed by atoms with Crippen LogP contribution in [0.1, 0.15) is 24.2 Å². The molecule has 8 nitrogen and oxygen atoms in total. The fourth-order valence-corrected chi connectivity index (χ4v) is 4.28. The zero-order valence-electron chi connectivity index (χ0n) is 20.3. The van der Waals surface area contributed by atoms with Crippen molar-refractivity contribution in [2.45, 2.75) is 19.9 Å². The van der Waals surface area contributed by atoms with Crippen LogP contribution >= 0.6 is 0 Å². The lowest BCUT2D eigenvalue weighted by Crippen LogP contribution is -2.36. The lowest BCUT2D eigenvalue weighted by Gasteiger charge is -2.29. The molecule has 1 atom stereocenters. The van der Waals surface area contributed by atoms with Gasteiger partial charge in [0.05, 0.1) is 49.8 Å². The Morgan fingerprint density at radius 2 is 1.89 bits per heavy atom. The van der Waals surface area contributed by atoms with Gasteiger partial charge in [0, 0.05) is 30.5 Å². The van der Waals surface area contributed by atoms with Crippen LogP contribution in [0.15, 0.2) is 67.1 Å². The van der Waals surface area contributed by atoms with E-state index in [2.05, 4.69) is 56.6 Å². The lowest BCUT2D eigenvalue weighted by molar-refractivity contribution is 0.122. The molecule has 2 aromatic heterocycles. The summed E-state index contributed by atoms with van der Waals surface area (Å²) in [5, 5.41) is 12.4. The fraction of sp³-hybridized carbons (Fsp3) is 0.296. The first-order chi connectivity index (χ1) is 17.1. The number of aromatic nitrogens is 4. The van der Waals surface area contributed by atoms with E-state index in [0.29, 0.717) is 0 Å². The van der Waals surface area contributed by atoms with Crippen LogP contribution in [0, 0.1) is 6.92 Å². The van der Waals surface area contributed by atoms with Crippen LogP contribution in [-0.2, 0) is 4.74 Å². The van der Waals surface area contributed by atoms with Gasteiger partial charge in [0.2, 0.25) is 0 Å². The number of morpholine rings is 1.